The number of carbonyl (C=O) groups excluding carboxylic acids is 2. The normalized spacial score (nSPS) is 14.7. The molecule has 162 valence electrons. The number of furan rings is 1. The van der Waals surface area contributed by atoms with Crippen LogP contribution in [0.15, 0.2) is 35.0 Å². The number of rotatable bonds is 5. The third kappa shape index (κ3) is 4.14. The summed E-state index contributed by atoms with van der Waals surface area (Å²) in [5, 5.41) is 8.96. The van der Waals surface area contributed by atoms with Gasteiger partial charge in [0.25, 0.3) is 0 Å². The lowest BCUT2D eigenvalue weighted by Crippen LogP contribution is -2.35. The van der Waals surface area contributed by atoms with E-state index >= 15 is 0 Å². The molecule has 1 aromatic carbocycles. The Morgan fingerprint density at radius 1 is 1.29 bits per heavy atom. The fraction of sp³-hybridized carbons (Fsp3) is 0.333. The number of fused-ring (bicyclic) bond motifs is 1. The first-order chi connectivity index (χ1) is 14.8. The molecule has 3 heterocycles. The van der Waals surface area contributed by atoms with Gasteiger partial charge in [-0.15, -0.1) is 0 Å². The summed E-state index contributed by atoms with van der Waals surface area (Å²) < 4.78 is 19.6. The molecule has 4 amide bonds. The molecule has 0 unspecified atom stereocenters. The number of nitrogens with one attached hydrogen (secondary N) is 3. The van der Waals surface area contributed by atoms with E-state index in [9.17, 15) is 14.0 Å². The van der Waals surface area contributed by atoms with Crippen LogP contribution >= 0.6 is 0 Å². The second-order valence-corrected chi connectivity index (χ2v) is 7.71. The van der Waals surface area contributed by atoms with Crippen LogP contribution in [0.3, 0.4) is 0 Å². The van der Waals surface area contributed by atoms with E-state index in [0.717, 1.165) is 5.56 Å². The molecule has 3 aromatic rings. The number of halogens is 1. The Bertz CT molecular complexity index is 1130. The van der Waals surface area contributed by atoms with Gasteiger partial charge in [0.1, 0.15) is 17.2 Å². The van der Waals surface area contributed by atoms with E-state index in [2.05, 4.69) is 25.9 Å². The maximum Gasteiger partial charge on any atom is 0.324 e. The van der Waals surface area contributed by atoms with Gasteiger partial charge in [-0.25, -0.2) is 23.9 Å². The van der Waals surface area contributed by atoms with E-state index in [0.29, 0.717) is 35.5 Å². The lowest BCUT2D eigenvalue weighted by atomic mass is 9.98. The quantitative estimate of drug-likeness (QED) is 0.576. The smallest absolute Gasteiger partial charge is 0.324 e. The molecule has 0 spiro atoms. The predicted molar refractivity (Wildman–Crippen MR) is 113 cm³/mol. The van der Waals surface area contributed by atoms with E-state index in [1.807, 2.05) is 20.8 Å². The summed E-state index contributed by atoms with van der Waals surface area (Å²) in [4.78, 5) is 34.0. The third-order valence-electron chi connectivity index (χ3n) is 5.17. The van der Waals surface area contributed by atoms with Crippen molar-refractivity contribution in [2.24, 2.45) is 5.92 Å². The van der Waals surface area contributed by atoms with Gasteiger partial charge in [0.2, 0.25) is 5.95 Å². The lowest BCUT2D eigenvalue weighted by Gasteiger charge is -2.21. The molecule has 1 aliphatic rings. The van der Waals surface area contributed by atoms with Crippen molar-refractivity contribution in [3.05, 3.63) is 47.7 Å². The van der Waals surface area contributed by atoms with Crippen molar-refractivity contribution < 1.29 is 18.4 Å². The molecule has 0 radical (unpaired) electrons. The van der Waals surface area contributed by atoms with Gasteiger partial charge in [-0.05, 0) is 31.0 Å². The topological polar surface area (TPSA) is 112 Å². The van der Waals surface area contributed by atoms with Crippen LogP contribution < -0.4 is 20.9 Å². The van der Waals surface area contributed by atoms with Crippen LogP contribution in [0.2, 0.25) is 0 Å². The van der Waals surface area contributed by atoms with Crippen LogP contribution in [0.5, 0.6) is 0 Å². The molecular formula is C21H23FN6O3. The van der Waals surface area contributed by atoms with E-state index in [4.69, 9.17) is 4.42 Å². The number of aryl methyl sites for hydroxylation is 1. The summed E-state index contributed by atoms with van der Waals surface area (Å²) in [5.74, 6) is 0.523. The van der Waals surface area contributed by atoms with Crippen molar-refractivity contribution in [3.63, 3.8) is 0 Å². The summed E-state index contributed by atoms with van der Waals surface area (Å²) >= 11 is 0. The number of hydrogen-bond acceptors (Lipinski definition) is 5. The fourth-order valence-electron chi connectivity index (χ4n) is 3.54. The highest BCUT2D eigenvalue weighted by molar-refractivity contribution is 5.92. The molecule has 0 bridgehead atoms. The number of anilines is 2. The SMILES string of the molecule is Cc1c([C@@H](NC(=O)Nc2cnc(N3CCNC3=O)nc2)C(C)C)oc2ccc(F)cc12. The summed E-state index contributed by atoms with van der Waals surface area (Å²) in [5.41, 5.74) is 1.73. The molecule has 0 aliphatic carbocycles. The van der Waals surface area contributed by atoms with E-state index in [-0.39, 0.29) is 23.7 Å². The Morgan fingerprint density at radius 2 is 2.03 bits per heavy atom. The molecule has 4 rings (SSSR count). The van der Waals surface area contributed by atoms with E-state index < -0.39 is 12.1 Å². The fourth-order valence-corrected chi connectivity index (χ4v) is 3.54. The van der Waals surface area contributed by atoms with Gasteiger partial charge >= 0.3 is 12.1 Å². The second kappa shape index (κ2) is 8.21. The molecule has 2 aromatic heterocycles. The van der Waals surface area contributed by atoms with Gasteiger partial charge in [0, 0.05) is 24.0 Å². The van der Waals surface area contributed by atoms with Crippen molar-refractivity contribution in [2.45, 2.75) is 26.8 Å². The van der Waals surface area contributed by atoms with Crippen molar-refractivity contribution in [1.82, 2.24) is 20.6 Å². The molecule has 10 heteroatoms. The average molecular weight is 426 g/mol. The highest BCUT2D eigenvalue weighted by atomic mass is 19.1. The Balaban J connectivity index is 1.48. The summed E-state index contributed by atoms with van der Waals surface area (Å²) in [6.45, 7) is 6.78. The van der Waals surface area contributed by atoms with Crippen molar-refractivity contribution in [1.29, 1.82) is 0 Å². The summed E-state index contributed by atoms with van der Waals surface area (Å²) in [7, 11) is 0. The Morgan fingerprint density at radius 3 is 2.68 bits per heavy atom. The van der Waals surface area contributed by atoms with Gasteiger partial charge in [-0.3, -0.25) is 4.90 Å². The van der Waals surface area contributed by atoms with Crippen molar-refractivity contribution in [2.75, 3.05) is 23.3 Å². The van der Waals surface area contributed by atoms with Crippen molar-refractivity contribution in [3.8, 4) is 0 Å². The van der Waals surface area contributed by atoms with Crippen LogP contribution in [-0.4, -0.2) is 35.1 Å². The first-order valence-electron chi connectivity index (χ1n) is 9.97. The molecule has 1 fully saturated rings. The van der Waals surface area contributed by atoms with Gasteiger partial charge < -0.3 is 20.4 Å². The van der Waals surface area contributed by atoms with Crippen LogP contribution in [-0.2, 0) is 0 Å². The van der Waals surface area contributed by atoms with Crippen LogP contribution in [0.25, 0.3) is 11.0 Å². The Hall–Kier alpha value is -3.69. The van der Waals surface area contributed by atoms with E-state index in [1.54, 1.807) is 6.07 Å². The highest BCUT2D eigenvalue weighted by Crippen LogP contribution is 2.33. The van der Waals surface area contributed by atoms with Gasteiger partial charge in [0.05, 0.1) is 24.1 Å². The molecule has 1 saturated heterocycles. The second-order valence-electron chi connectivity index (χ2n) is 7.71. The molecule has 31 heavy (non-hydrogen) atoms. The molecule has 1 aliphatic heterocycles. The largest absolute Gasteiger partial charge is 0.459 e. The number of nitrogens with zero attached hydrogens (tertiary/aromatic N) is 3. The summed E-state index contributed by atoms with van der Waals surface area (Å²) in [6.07, 6.45) is 2.88. The van der Waals surface area contributed by atoms with Crippen LogP contribution in [0, 0.1) is 18.7 Å². The molecule has 3 N–H and O–H groups in total. The number of carbonyl (C=O) groups is 2. The first-order valence-corrected chi connectivity index (χ1v) is 9.97. The number of aromatic nitrogens is 2. The molecule has 9 nitrogen and oxygen atoms in total. The predicted octanol–water partition coefficient (Wildman–Crippen LogP) is 3.72. The minimum Gasteiger partial charge on any atom is -0.459 e. The van der Waals surface area contributed by atoms with Gasteiger partial charge in [-0.2, -0.15) is 0 Å². The maximum absolute atomic E-state index is 13.6. The molecule has 1 atom stereocenters. The monoisotopic (exact) mass is 426 g/mol. The average Bonchev–Trinajstić information content (AvgIpc) is 3.30. The zero-order valence-electron chi connectivity index (χ0n) is 17.4. The minimum absolute atomic E-state index is 0.0159. The zero-order valence-corrected chi connectivity index (χ0v) is 17.4. The van der Waals surface area contributed by atoms with Crippen LogP contribution in [0.4, 0.5) is 25.6 Å². The minimum atomic E-state index is -0.458. The van der Waals surface area contributed by atoms with Gasteiger partial charge in [0.15, 0.2) is 0 Å². The number of amides is 4. The summed E-state index contributed by atoms with van der Waals surface area (Å²) in [6, 6.07) is 3.21. The maximum atomic E-state index is 13.6. The van der Waals surface area contributed by atoms with Crippen LogP contribution in [0.1, 0.15) is 31.2 Å². The molecule has 0 saturated carbocycles. The van der Waals surface area contributed by atoms with Gasteiger partial charge in [-0.1, -0.05) is 13.8 Å². The van der Waals surface area contributed by atoms with Crippen molar-refractivity contribution >= 4 is 34.7 Å². The number of hydrogen-bond donors (Lipinski definition) is 3. The Labute approximate surface area is 178 Å². The number of urea groups is 2. The molecular weight excluding hydrogens is 403 g/mol. The Kier molecular flexibility index (Phi) is 5.45. The first kappa shape index (κ1) is 20.6. The highest BCUT2D eigenvalue weighted by Gasteiger charge is 2.26. The zero-order chi connectivity index (χ0) is 22.1. The standard InChI is InChI=1S/C21H23FN6O3/c1-11(2)17(18-12(3)15-8-13(22)4-5-16(15)31-18)27-20(29)26-14-9-24-19(25-10-14)28-7-6-23-21(28)30/h4-5,8-11,17H,6-7H2,1-3H3,(H,23,30)(H2,26,27,29)/t17-/m0/s1. The number of benzene rings is 1. The van der Waals surface area contributed by atoms with E-state index in [1.165, 1.54) is 29.4 Å². The third-order valence-corrected chi connectivity index (χ3v) is 5.17. The lowest BCUT2D eigenvalue weighted by molar-refractivity contribution is 0.241.